The van der Waals surface area contributed by atoms with E-state index in [4.69, 9.17) is 4.74 Å². The lowest BCUT2D eigenvalue weighted by molar-refractivity contribution is -0.109. The minimum atomic E-state index is -0.432. The number of esters is 1. The summed E-state index contributed by atoms with van der Waals surface area (Å²) in [6.07, 6.45) is 1.57. The minimum absolute atomic E-state index is 0.0265. The second-order valence-electron chi connectivity index (χ2n) is 3.93. The van der Waals surface area contributed by atoms with Crippen LogP contribution in [-0.4, -0.2) is 34.1 Å². The molecule has 0 spiro atoms. The molecule has 0 bridgehead atoms. The average molecular weight is 288 g/mol. The number of methoxy groups -OCH3 is 1. The Hall–Kier alpha value is -2.26. The van der Waals surface area contributed by atoms with Gasteiger partial charge in [-0.2, -0.15) is 5.10 Å². The lowest BCUT2D eigenvalue weighted by Crippen LogP contribution is -2.02. The molecule has 0 saturated carbocycles. The zero-order valence-electron chi connectivity index (χ0n) is 11.0. The first-order valence-corrected chi connectivity index (χ1v) is 6.78. The fourth-order valence-electron chi connectivity index (χ4n) is 1.68. The highest BCUT2D eigenvalue weighted by Gasteiger charge is 2.12. The molecule has 20 heavy (non-hydrogen) atoms. The molecule has 1 heterocycles. The predicted octanol–water partition coefficient (Wildman–Crippen LogP) is 1.98. The molecule has 0 atom stereocenters. The van der Waals surface area contributed by atoms with Crippen LogP contribution in [0.1, 0.15) is 22.8 Å². The van der Waals surface area contributed by atoms with E-state index in [0.717, 1.165) is 17.3 Å². The van der Waals surface area contributed by atoms with E-state index in [-0.39, 0.29) is 5.12 Å². The highest BCUT2D eigenvalue weighted by Crippen LogP contribution is 2.19. The molecule has 0 aliphatic rings. The summed E-state index contributed by atoms with van der Waals surface area (Å²) in [5.74, 6) is 5.79. The number of carbonyl (C=O) groups excluding carboxylic acids is 2. The van der Waals surface area contributed by atoms with Crippen molar-refractivity contribution in [1.82, 2.24) is 10.2 Å². The van der Waals surface area contributed by atoms with Crippen LogP contribution < -0.4 is 0 Å². The maximum atomic E-state index is 11.7. The van der Waals surface area contributed by atoms with Crippen LogP contribution in [0.3, 0.4) is 0 Å². The molecule has 5 nitrogen and oxygen atoms in total. The number of rotatable bonds is 2. The maximum Gasteiger partial charge on any atom is 0.338 e. The first-order valence-electron chi connectivity index (χ1n) is 5.79. The zero-order chi connectivity index (χ0) is 14.5. The highest BCUT2D eigenvalue weighted by molar-refractivity contribution is 8.13. The largest absolute Gasteiger partial charge is 0.465 e. The summed E-state index contributed by atoms with van der Waals surface area (Å²) in [5.41, 5.74) is 1.81. The summed E-state index contributed by atoms with van der Waals surface area (Å²) in [6.45, 7) is 1.50. The van der Waals surface area contributed by atoms with Gasteiger partial charge in [0.2, 0.25) is 0 Å². The van der Waals surface area contributed by atoms with Crippen LogP contribution in [0.2, 0.25) is 0 Å². The van der Waals surface area contributed by atoms with E-state index in [2.05, 4.69) is 22.0 Å². The van der Waals surface area contributed by atoms with Crippen molar-refractivity contribution in [3.8, 4) is 11.8 Å². The monoisotopic (exact) mass is 288 g/mol. The van der Waals surface area contributed by atoms with E-state index in [1.807, 2.05) is 0 Å². The standard InChI is InChI=1S/C14H12N2O3S/c1-9(17)20-5-3-4-10-6-11(14(18)19-2)12-8-15-16-13(12)7-10/h6-8H,5H2,1-2H3,(H,15,16). The van der Waals surface area contributed by atoms with Gasteiger partial charge in [-0.3, -0.25) is 9.89 Å². The van der Waals surface area contributed by atoms with Gasteiger partial charge in [0.25, 0.3) is 0 Å². The number of ether oxygens (including phenoxy) is 1. The van der Waals surface area contributed by atoms with Gasteiger partial charge in [0, 0.05) is 17.9 Å². The smallest absolute Gasteiger partial charge is 0.338 e. The van der Waals surface area contributed by atoms with Gasteiger partial charge in [-0.1, -0.05) is 23.6 Å². The molecule has 1 aromatic heterocycles. The SMILES string of the molecule is COC(=O)c1cc(C#CCSC(C)=O)cc2[nH]ncc12. The van der Waals surface area contributed by atoms with E-state index >= 15 is 0 Å². The van der Waals surface area contributed by atoms with Crippen molar-refractivity contribution in [1.29, 1.82) is 0 Å². The molecule has 102 valence electrons. The van der Waals surface area contributed by atoms with Crippen LogP contribution in [-0.2, 0) is 9.53 Å². The molecule has 0 unspecified atom stereocenters. The first-order chi connectivity index (χ1) is 9.61. The Bertz CT molecular complexity index is 725. The Balaban J connectivity index is 2.35. The number of fused-ring (bicyclic) bond motifs is 1. The first kappa shape index (κ1) is 14.2. The van der Waals surface area contributed by atoms with Crippen molar-refractivity contribution in [3.05, 3.63) is 29.5 Å². The van der Waals surface area contributed by atoms with Crippen molar-refractivity contribution < 1.29 is 14.3 Å². The van der Waals surface area contributed by atoms with Crippen molar-refractivity contribution in [3.63, 3.8) is 0 Å². The van der Waals surface area contributed by atoms with Crippen molar-refractivity contribution in [2.75, 3.05) is 12.9 Å². The van der Waals surface area contributed by atoms with E-state index in [9.17, 15) is 9.59 Å². The molecule has 1 N–H and O–H groups in total. The van der Waals surface area contributed by atoms with Crippen LogP contribution >= 0.6 is 11.8 Å². The molecule has 0 saturated heterocycles. The molecule has 2 rings (SSSR count). The van der Waals surface area contributed by atoms with E-state index in [1.54, 1.807) is 18.3 Å². The van der Waals surface area contributed by atoms with E-state index < -0.39 is 5.97 Å². The molecule has 0 fully saturated rings. The molecule has 0 amide bonds. The van der Waals surface area contributed by atoms with Gasteiger partial charge in [-0.15, -0.1) is 0 Å². The van der Waals surface area contributed by atoms with Crippen LogP contribution in [0.4, 0.5) is 0 Å². The summed E-state index contributed by atoms with van der Waals surface area (Å²) >= 11 is 1.15. The fourth-order valence-corrected chi connectivity index (χ4v) is 2.03. The van der Waals surface area contributed by atoms with Gasteiger partial charge in [-0.25, -0.2) is 4.79 Å². The van der Waals surface area contributed by atoms with Gasteiger partial charge in [0.15, 0.2) is 5.12 Å². The van der Waals surface area contributed by atoms with Gasteiger partial charge >= 0.3 is 5.97 Å². The Labute approximate surface area is 120 Å². The third-order valence-corrected chi connectivity index (χ3v) is 3.24. The lowest BCUT2D eigenvalue weighted by atomic mass is 10.1. The number of nitrogens with one attached hydrogen (secondary N) is 1. The number of H-pyrrole nitrogens is 1. The molecule has 6 heteroatoms. The molecule has 0 radical (unpaired) electrons. The Morgan fingerprint density at radius 1 is 1.45 bits per heavy atom. The third kappa shape index (κ3) is 3.19. The molecular formula is C14H12N2O3S. The predicted molar refractivity (Wildman–Crippen MR) is 77.5 cm³/mol. The number of thioether (sulfide) groups is 1. The van der Waals surface area contributed by atoms with Gasteiger partial charge in [0.1, 0.15) is 0 Å². The quantitative estimate of drug-likeness (QED) is 0.676. The highest BCUT2D eigenvalue weighted by atomic mass is 32.2. The topological polar surface area (TPSA) is 72.1 Å². The lowest BCUT2D eigenvalue weighted by Gasteiger charge is -2.01. The number of nitrogens with zero attached hydrogens (tertiary/aromatic N) is 1. The number of hydrogen-bond acceptors (Lipinski definition) is 5. The number of aromatic amines is 1. The zero-order valence-corrected chi connectivity index (χ0v) is 11.8. The van der Waals surface area contributed by atoms with Crippen LogP contribution in [0.25, 0.3) is 10.9 Å². The average Bonchev–Trinajstić information content (AvgIpc) is 2.89. The van der Waals surface area contributed by atoms with Crippen LogP contribution in [0, 0.1) is 11.8 Å². The van der Waals surface area contributed by atoms with E-state index in [1.165, 1.54) is 14.0 Å². The summed E-state index contributed by atoms with van der Waals surface area (Å²) in [7, 11) is 1.33. The number of benzene rings is 1. The fraction of sp³-hybridized carbons (Fsp3) is 0.214. The molecule has 0 aliphatic heterocycles. The number of hydrogen-bond donors (Lipinski definition) is 1. The van der Waals surface area contributed by atoms with Crippen molar-refractivity contribution >= 4 is 33.7 Å². The summed E-state index contributed by atoms with van der Waals surface area (Å²) in [4.78, 5) is 22.5. The molecule has 1 aromatic carbocycles. The normalized spacial score (nSPS) is 9.90. The van der Waals surface area contributed by atoms with E-state index in [0.29, 0.717) is 22.3 Å². The molecule has 2 aromatic rings. The van der Waals surface area contributed by atoms with Crippen molar-refractivity contribution in [2.24, 2.45) is 0 Å². The Morgan fingerprint density at radius 2 is 2.25 bits per heavy atom. The summed E-state index contributed by atoms with van der Waals surface area (Å²) in [6, 6.07) is 3.47. The Morgan fingerprint density at radius 3 is 2.95 bits per heavy atom. The second kappa shape index (κ2) is 6.26. The van der Waals surface area contributed by atoms with Crippen LogP contribution in [0.15, 0.2) is 18.3 Å². The van der Waals surface area contributed by atoms with Gasteiger partial charge in [-0.05, 0) is 12.1 Å². The summed E-state index contributed by atoms with van der Waals surface area (Å²) in [5, 5.41) is 7.43. The number of aromatic nitrogens is 2. The van der Waals surface area contributed by atoms with Crippen LogP contribution in [0.5, 0.6) is 0 Å². The third-order valence-electron chi connectivity index (χ3n) is 2.54. The number of carbonyl (C=O) groups is 2. The Kier molecular flexibility index (Phi) is 4.43. The van der Waals surface area contributed by atoms with Gasteiger partial charge < -0.3 is 4.74 Å². The minimum Gasteiger partial charge on any atom is -0.465 e. The van der Waals surface area contributed by atoms with Gasteiger partial charge in [0.05, 0.1) is 30.1 Å². The maximum absolute atomic E-state index is 11.7. The molecular weight excluding hydrogens is 276 g/mol. The second-order valence-corrected chi connectivity index (χ2v) is 5.08. The van der Waals surface area contributed by atoms with Crippen molar-refractivity contribution in [2.45, 2.75) is 6.92 Å². The molecule has 0 aliphatic carbocycles. The summed E-state index contributed by atoms with van der Waals surface area (Å²) < 4.78 is 4.75.